The standard InChI is InChI=1S/C10H7FO3/c11-9-3-1-7(2-4-10(13)14)8(5-9)6-12/h1-6H,(H,13,14). The van der Waals surface area contributed by atoms with Crippen LogP contribution in [0.4, 0.5) is 4.39 Å². The molecule has 0 bridgehead atoms. The normalized spacial score (nSPS) is 10.4. The second-order valence-electron chi connectivity index (χ2n) is 2.56. The van der Waals surface area contributed by atoms with Crippen molar-refractivity contribution in [3.63, 3.8) is 0 Å². The summed E-state index contributed by atoms with van der Waals surface area (Å²) >= 11 is 0. The van der Waals surface area contributed by atoms with Crippen molar-refractivity contribution in [3.05, 3.63) is 41.2 Å². The minimum absolute atomic E-state index is 0.127. The quantitative estimate of drug-likeness (QED) is 0.589. The molecule has 1 N–H and O–H groups in total. The monoisotopic (exact) mass is 194 g/mol. The maximum absolute atomic E-state index is 12.6. The van der Waals surface area contributed by atoms with Crippen molar-refractivity contribution in [2.45, 2.75) is 0 Å². The lowest BCUT2D eigenvalue weighted by atomic mass is 10.1. The van der Waals surface area contributed by atoms with Crippen molar-refractivity contribution in [1.29, 1.82) is 0 Å². The van der Waals surface area contributed by atoms with Gasteiger partial charge in [-0.1, -0.05) is 6.07 Å². The highest BCUT2D eigenvalue weighted by Gasteiger charge is 2.00. The third-order valence-corrected chi connectivity index (χ3v) is 1.58. The van der Waals surface area contributed by atoms with Gasteiger partial charge in [-0.15, -0.1) is 0 Å². The van der Waals surface area contributed by atoms with Crippen LogP contribution in [0.2, 0.25) is 0 Å². The molecule has 0 saturated heterocycles. The number of hydrogen-bond donors (Lipinski definition) is 1. The number of benzene rings is 1. The Morgan fingerprint density at radius 3 is 2.64 bits per heavy atom. The third kappa shape index (κ3) is 2.52. The average molecular weight is 194 g/mol. The van der Waals surface area contributed by atoms with E-state index in [1.807, 2.05) is 0 Å². The van der Waals surface area contributed by atoms with Crippen LogP contribution in [0.3, 0.4) is 0 Å². The molecule has 1 aromatic carbocycles. The Hall–Kier alpha value is -1.97. The number of halogens is 1. The van der Waals surface area contributed by atoms with Gasteiger partial charge in [-0.3, -0.25) is 4.79 Å². The molecule has 0 spiro atoms. The highest BCUT2D eigenvalue weighted by Crippen LogP contribution is 2.10. The van der Waals surface area contributed by atoms with Crippen molar-refractivity contribution in [2.75, 3.05) is 0 Å². The lowest BCUT2D eigenvalue weighted by molar-refractivity contribution is -0.131. The van der Waals surface area contributed by atoms with Crippen LogP contribution < -0.4 is 0 Å². The fourth-order valence-electron chi connectivity index (χ4n) is 0.961. The molecule has 0 amide bonds. The fraction of sp³-hybridized carbons (Fsp3) is 0. The number of carboxylic acid groups (broad SMARTS) is 1. The highest BCUT2D eigenvalue weighted by molar-refractivity contribution is 5.89. The molecule has 3 nitrogen and oxygen atoms in total. The smallest absolute Gasteiger partial charge is 0.328 e. The van der Waals surface area contributed by atoms with Crippen LogP contribution in [-0.4, -0.2) is 17.4 Å². The van der Waals surface area contributed by atoms with E-state index in [9.17, 15) is 14.0 Å². The first-order valence-electron chi connectivity index (χ1n) is 3.79. The van der Waals surface area contributed by atoms with Crippen LogP contribution >= 0.6 is 0 Å². The molecule has 0 aliphatic rings. The predicted octanol–water partition coefficient (Wildman–Crippen LogP) is 1.74. The van der Waals surface area contributed by atoms with Gasteiger partial charge in [-0.2, -0.15) is 0 Å². The van der Waals surface area contributed by atoms with E-state index in [0.29, 0.717) is 11.8 Å². The molecule has 1 aromatic rings. The van der Waals surface area contributed by atoms with E-state index in [4.69, 9.17) is 5.11 Å². The SMILES string of the molecule is O=Cc1cc(F)ccc1C=CC(=O)O. The molecular formula is C10H7FO3. The first-order valence-corrected chi connectivity index (χ1v) is 3.79. The molecule has 4 heteroatoms. The summed E-state index contributed by atoms with van der Waals surface area (Å²) in [6.07, 6.45) is 2.61. The topological polar surface area (TPSA) is 54.4 Å². The van der Waals surface area contributed by atoms with Crippen LogP contribution in [0.25, 0.3) is 6.08 Å². The maximum Gasteiger partial charge on any atom is 0.328 e. The highest BCUT2D eigenvalue weighted by atomic mass is 19.1. The molecule has 0 radical (unpaired) electrons. The molecule has 0 atom stereocenters. The van der Waals surface area contributed by atoms with Crippen LogP contribution in [0, 0.1) is 5.82 Å². The minimum Gasteiger partial charge on any atom is -0.478 e. The van der Waals surface area contributed by atoms with Gasteiger partial charge in [0.2, 0.25) is 0 Å². The van der Waals surface area contributed by atoms with Crippen LogP contribution in [0.1, 0.15) is 15.9 Å². The van der Waals surface area contributed by atoms with E-state index in [0.717, 1.165) is 18.2 Å². The number of aldehydes is 1. The number of hydrogen-bond acceptors (Lipinski definition) is 2. The summed E-state index contributed by atoms with van der Waals surface area (Å²) in [6, 6.07) is 3.56. The Kier molecular flexibility index (Phi) is 3.12. The Labute approximate surface area is 79.5 Å². The largest absolute Gasteiger partial charge is 0.478 e. The van der Waals surface area contributed by atoms with Crippen molar-refractivity contribution in [1.82, 2.24) is 0 Å². The minimum atomic E-state index is -1.12. The van der Waals surface area contributed by atoms with Gasteiger partial charge in [0.1, 0.15) is 5.82 Å². The number of carboxylic acids is 1. The van der Waals surface area contributed by atoms with Gasteiger partial charge in [0.25, 0.3) is 0 Å². The van der Waals surface area contributed by atoms with Crippen molar-refractivity contribution >= 4 is 18.3 Å². The zero-order valence-corrected chi connectivity index (χ0v) is 7.11. The van der Waals surface area contributed by atoms with E-state index in [2.05, 4.69) is 0 Å². The molecule has 0 fully saturated rings. The van der Waals surface area contributed by atoms with Crippen molar-refractivity contribution < 1.29 is 19.1 Å². The number of carbonyl (C=O) groups is 2. The Balaban J connectivity index is 3.08. The molecular weight excluding hydrogens is 187 g/mol. The Bertz CT molecular complexity index is 396. The lowest BCUT2D eigenvalue weighted by Gasteiger charge is -1.97. The zero-order valence-electron chi connectivity index (χ0n) is 7.11. The Morgan fingerprint density at radius 1 is 1.36 bits per heavy atom. The van der Waals surface area contributed by atoms with Crippen molar-refractivity contribution in [2.24, 2.45) is 0 Å². The van der Waals surface area contributed by atoms with Crippen LogP contribution in [0.5, 0.6) is 0 Å². The summed E-state index contributed by atoms with van der Waals surface area (Å²) < 4.78 is 12.6. The summed E-state index contributed by atoms with van der Waals surface area (Å²) in [5.41, 5.74) is 0.506. The second-order valence-corrected chi connectivity index (χ2v) is 2.56. The summed E-state index contributed by atoms with van der Waals surface area (Å²) in [7, 11) is 0. The average Bonchev–Trinajstić information content (AvgIpc) is 2.15. The fourth-order valence-corrected chi connectivity index (χ4v) is 0.961. The molecule has 0 aliphatic carbocycles. The van der Waals surface area contributed by atoms with Gasteiger partial charge in [-0.05, 0) is 23.8 Å². The third-order valence-electron chi connectivity index (χ3n) is 1.58. The van der Waals surface area contributed by atoms with Gasteiger partial charge in [-0.25, -0.2) is 9.18 Å². The van der Waals surface area contributed by atoms with Crippen molar-refractivity contribution in [3.8, 4) is 0 Å². The molecule has 1 rings (SSSR count). The second kappa shape index (κ2) is 4.32. The molecule has 72 valence electrons. The summed E-state index contributed by atoms with van der Waals surface area (Å²) in [5.74, 6) is -1.65. The molecule has 0 saturated carbocycles. The zero-order chi connectivity index (χ0) is 10.6. The Morgan fingerprint density at radius 2 is 2.07 bits per heavy atom. The number of aliphatic carboxylic acids is 1. The molecule has 0 aromatic heterocycles. The van der Waals surface area contributed by atoms with E-state index < -0.39 is 11.8 Å². The van der Waals surface area contributed by atoms with Gasteiger partial charge in [0.15, 0.2) is 6.29 Å². The van der Waals surface area contributed by atoms with Crippen LogP contribution in [0.15, 0.2) is 24.3 Å². The first-order chi connectivity index (χ1) is 6.63. The first kappa shape index (κ1) is 10.1. The summed E-state index contributed by atoms with van der Waals surface area (Å²) in [4.78, 5) is 20.7. The molecule has 14 heavy (non-hydrogen) atoms. The number of rotatable bonds is 3. The molecule has 0 heterocycles. The summed E-state index contributed by atoms with van der Waals surface area (Å²) in [5, 5.41) is 8.34. The number of carbonyl (C=O) groups excluding carboxylic acids is 1. The predicted molar refractivity (Wildman–Crippen MR) is 48.5 cm³/mol. The van der Waals surface area contributed by atoms with Gasteiger partial charge < -0.3 is 5.11 Å². The molecule has 0 unspecified atom stereocenters. The van der Waals surface area contributed by atoms with E-state index in [-0.39, 0.29) is 5.56 Å². The molecule has 0 aliphatic heterocycles. The van der Waals surface area contributed by atoms with Gasteiger partial charge in [0.05, 0.1) is 0 Å². The summed E-state index contributed by atoms with van der Waals surface area (Å²) in [6.45, 7) is 0. The van der Waals surface area contributed by atoms with Gasteiger partial charge in [0, 0.05) is 11.6 Å². The lowest BCUT2D eigenvalue weighted by Crippen LogP contribution is -1.90. The van der Waals surface area contributed by atoms with E-state index >= 15 is 0 Å². The van der Waals surface area contributed by atoms with Crippen LogP contribution in [-0.2, 0) is 4.79 Å². The van der Waals surface area contributed by atoms with Gasteiger partial charge >= 0.3 is 5.97 Å². The van der Waals surface area contributed by atoms with E-state index in [1.165, 1.54) is 12.1 Å². The maximum atomic E-state index is 12.6. The van der Waals surface area contributed by atoms with E-state index in [1.54, 1.807) is 0 Å².